The molecule has 5 aromatic rings. The molecular weight excluding hydrogens is 484 g/mol. The van der Waals surface area contributed by atoms with Gasteiger partial charge in [0.2, 0.25) is 0 Å². The summed E-state index contributed by atoms with van der Waals surface area (Å²) in [5.41, 5.74) is 3.65. The van der Waals surface area contributed by atoms with Gasteiger partial charge >= 0.3 is 11.6 Å². The number of carbonyl (C=O) groups excluding carboxylic acids is 1. The van der Waals surface area contributed by atoms with Gasteiger partial charge in [0.25, 0.3) is 0 Å². The predicted molar refractivity (Wildman–Crippen MR) is 138 cm³/mol. The number of halogens is 1. The first-order valence-corrected chi connectivity index (χ1v) is 12.0. The maximum Gasteiger partial charge on any atom is 0.336 e. The average Bonchev–Trinajstić information content (AvgIpc) is 3.53. The lowest BCUT2D eigenvalue weighted by atomic mass is 10.1. The smallest absolute Gasteiger partial charge is 0.336 e. The fourth-order valence-electron chi connectivity index (χ4n) is 3.65. The first kappa shape index (κ1) is 22.8. The number of fused-ring (bicyclic) bond motifs is 1. The van der Waals surface area contributed by atoms with Gasteiger partial charge in [0.1, 0.15) is 17.9 Å². The summed E-state index contributed by atoms with van der Waals surface area (Å²) in [4.78, 5) is 25.5. The number of para-hydroxylation sites is 1. The molecular formula is C27H19ClN2O4S. The molecule has 0 saturated carbocycles. The van der Waals surface area contributed by atoms with Crippen LogP contribution in [0.25, 0.3) is 33.3 Å². The summed E-state index contributed by atoms with van der Waals surface area (Å²) in [6.07, 6.45) is 4.91. The van der Waals surface area contributed by atoms with E-state index in [2.05, 4.69) is 0 Å². The molecule has 0 unspecified atom stereocenters. The van der Waals surface area contributed by atoms with Crippen LogP contribution in [0, 0.1) is 6.92 Å². The van der Waals surface area contributed by atoms with E-state index in [1.165, 1.54) is 12.1 Å². The van der Waals surface area contributed by atoms with Gasteiger partial charge in [-0.15, -0.1) is 11.3 Å². The van der Waals surface area contributed by atoms with E-state index in [0.717, 1.165) is 27.4 Å². The van der Waals surface area contributed by atoms with Crippen molar-refractivity contribution in [2.45, 2.75) is 13.5 Å². The van der Waals surface area contributed by atoms with Crippen LogP contribution in [0.3, 0.4) is 0 Å². The maximum atomic E-state index is 12.5. The fourth-order valence-corrected chi connectivity index (χ4v) is 4.54. The number of aromatic nitrogens is 2. The molecule has 0 aliphatic heterocycles. The second-order valence-electron chi connectivity index (χ2n) is 7.82. The van der Waals surface area contributed by atoms with E-state index in [1.54, 1.807) is 34.2 Å². The number of nitrogens with zero attached hydrogens (tertiary/aromatic N) is 2. The number of thiophene rings is 1. The third kappa shape index (κ3) is 4.96. The molecule has 8 heteroatoms. The zero-order chi connectivity index (χ0) is 24.4. The molecule has 3 heterocycles. The zero-order valence-electron chi connectivity index (χ0n) is 18.6. The number of aryl methyl sites for hydroxylation is 1. The Morgan fingerprint density at radius 1 is 1.17 bits per heavy atom. The van der Waals surface area contributed by atoms with Crippen molar-refractivity contribution in [3.63, 3.8) is 0 Å². The number of hydrogen-bond acceptors (Lipinski definition) is 6. The molecule has 0 atom stereocenters. The van der Waals surface area contributed by atoms with Crippen molar-refractivity contribution >= 4 is 46.0 Å². The van der Waals surface area contributed by atoms with Crippen molar-refractivity contribution < 1.29 is 13.9 Å². The highest BCUT2D eigenvalue weighted by Gasteiger charge is 2.13. The Kier molecular flexibility index (Phi) is 6.35. The standard InChI is InChI=1S/C27H19ClN2O4S/c1-17-12-23-21(14-22(17)28)19(13-26(32)34-23)16-33-25(31)10-9-18-15-30(20-6-3-2-4-7-20)29-27(18)24-8-5-11-35-24/h2-15H,16H2,1H3/b10-9+. The molecule has 0 radical (unpaired) electrons. The monoisotopic (exact) mass is 502 g/mol. The fraction of sp³-hybridized carbons (Fsp3) is 0.0741. The van der Waals surface area contributed by atoms with Crippen LogP contribution in [0.2, 0.25) is 5.02 Å². The minimum absolute atomic E-state index is 0.0915. The van der Waals surface area contributed by atoms with Crippen LogP contribution in [0.1, 0.15) is 16.7 Å². The molecule has 0 fully saturated rings. The van der Waals surface area contributed by atoms with Gasteiger partial charge in [-0.2, -0.15) is 5.10 Å². The minimum atomic E-state index is -0.547. The van der Waals surface area contributed by atoms with Crippen LogP contribution in [-0.4, -0.2) is 15.7 Å². The van der Waals surface area contributed by atoms with Gasteiger partial charge in [-0.05, 0) is 54.3 Å². The molecule has 0 bridgehead atoms. The number of carbonyl (C=O) groups is 1. The molecule has 174 valence electrons. The first-order chi connectivity index (χ1) is 17.0. The Labute approximate surface area is 209 Å². The van der Waals surface area contributed by atoms with E-state index in [4.69, 9.17) is 25.9 Å². The maximum absolute atomic E-state index is 12.5. The van der Waals surface area contributed by atoms with E-state index >= 15 is 0 Å². The van der Waals surface area contributed by atoms with Crippen LogP contribution in [0.4, 0.5) is 0 Å². The number of ether oxygens (including phenoxy) is 1. The quantitative estimate of drug-likeness (QED) is 0.152. The molecule has 0 spiro atoms. The van der Waals surface area contributed by atoms with Crippen LogP contribution >= 0.6 is 22.9 Å². The molecule has 0 amide bonds. The van der Waals surface area contributed by atoms with Gasteiger partial charge in [-0.1, -0.05) is 35.9 Å². The Bertz CT molecular complexity index is 1600. The molecule has 2 aromatic carbocycles. The summed E-state index contributed by atoms with van der Waals surface area (Å²) in [5, 5.41) is 7.86. The Balaban J connectivity index is 1.38. The Morgan fingerprint density at radius 2 is 2.00 bits per heavy atom. The molecule has 0 saturated heterocycles. The van der Waals surface area contributed by atoms with Crippen molar-refractivity contribution in [1.82, 2.24) is 9.78 Å². The molecule has 0 aliphatic rings. The van der Waals surface area contributed by atoms with Gasteiger partial charge in [0.15, 0.2) is 0 Å². The Hall–Kier alpha value is -3.94. The summed E-state index contributed by atoms with van der Waals surface area (Å²) in [5.74, 6) is -0.547. The Morgan fingerprint density at radius 3 is 2.77 bits per heavy atom. The molecule has 5 rings (SSSR count). The predicted octanol–water partition coefficient (Wildman–Crippen LogP) is 6.43. The normalized spacial score (nSPS) is 11.4. The van der Waals surface area contributed by atoms with E-state index in [-0.39, 0.29) is 6.61 Å². The molecule has 6 nitrogen and oxygen atoms in total. The number of benzene rings is 2. The van der Waals surface area contributed by atoms with Crippen LogP contribution in [0.5, 0.6) is 0 Å². The van der Waals surface area contributed by atoms with Gasteiger partial charge in [0.05, 0.1) is 10.6 Å². The third-order valence-electron chi connectivity index (χ3n) is 5.40. The lowest BCUT2D eigenvalue weighted by Gasteiger charge is -2.07. The highest BCUT2D eigenvalue weighted by atomic mass is 35.5. The summed E-state index contributed by atoms with van der Waals surface area (Å²) in [6, 6.07) is 18.4. The highest BCUT2D eigenvalue weighted by Crippen LogP contribution is 2.29. The van der Waals surface area contributed by atoms with Crippen LogP contribution < -0.4 is 5.63 Å². The number of esters is 1. The zero-order valence-corrected chi connectivity index (χ0v) is 20.2. The van der Waals surface area contributed by atoms with Gasteiger partial charge in [0, 0.05) is 39.9 Å². The van der Waals surface area contributed by atoms with Crippen LogP contribution in [-0.2, 0) is 16.1 Å². The summed E-state index contributed by atoms with van der Waals surface area (Å²) < 4.78 is 12.5. The van der Waals surface area contributed by atoms with Gasteiger partial charge < -0.3 is 9.15 Å². The minimum Gasteiger partial charge on any atom is -0.458 e. The lowest BCUT2D eigenvalue weighted by Crippen LogP contribution is -2.06. The van der Waals surface area contributed by atoms with Crippen molar-refractivity contribution in [3.05, 3.63) is 110 Å². The van der Waals surface area contributed by atoms with E-state index in [9.17, 15) is 9.59 Å². The van der Waals surface area contributed by atoms with Crippen molar-refractivity contribution in [1.29, 1.82) is 0 Å². The second kappa shape index (κ2) is 9.74. The number of rotatable bonds is 6. The van der Waals surface area contributed by atoms with E-state index in [1.807, 2.05) is 61.0 Å². The van der Waals surface area contributed by atoms with E-state index < -0.39 is 11.6 Å². The summed E-state index contributed by atoms with van der Waals surface area (Å²) >= 11 is 7.81. The van der Waals surface area contributed by atoms with Gasteiger partial charge in [-0.25, -0.2) is 14.3 Å². The highest BCUT2D eigenvalue weighted by molar-refractivity contribution is 7.13. The summed E-state index contributed by atoms with van der Waals surface area (Å²) in [7, 11) is 0. The number of hydrogen-bond donors (Lipinski definition) is 0. The van der Waals surface area contributed by atoms with E-state index in [0.29, 0.717) is 21.6 Å². The summed E-state index contributed by atoms with van der Waals surface area (Å²) in [6.45, 7) is 1.73. The average molecular weight is 503 g/mol. The topological polar surface area (TPSA) is 74.3 Å². The third-order valence-corrected chi connectivity index (χ3v) is 6.68. The van der Waals surface area contributed by atoms with Crippen molar-refractivity contribution in [3.8, 4) is 16.3 Å². The SMILES string of the molecule is Cc1cc2oc(=O)cc(COC(=O)/C=C/c3cn(-c4ccccc4)nc3-c3cccs3)c2cc1Cl. The van der Waals surface area contributed by atoms with Crippen molar-refractivity contribution in [2.24, 2.45) is 0 Å². The van der Waals surface area contributed by atoms with Crippen molar-refractivity contribution in [2.75, 3.05) is 0 Å². The molecule has 0 aliphatic carbocycles. The molecule has 0 N–H and O–H groups in total. The molecule has 3 aromatic heterocycles. The van der Waals surface area contributed by atoms with Gasteiger partial charge in [-0.3, -0.25) is 0 Å². The second-order valence-corrected chi connectivity index (χ2v) is 9.17. The first-order valence-electron chi connectivity index (χ1n) is 10.7. The largest absolute Gasteiger partial charge is 0.458 e. The lowest BCUT2D eigenvalue weighted by molar-refractivity contribution is -0.138. The van der Waals surface area contributed by atoms with Crippen LogP contribution in [0.15, 0.2) is 87.5 Å². The molecule has 35 heavy (non-hydrogen) atoms.